The van der Waals surface area contributed by atoms with Crippen LogP contribution in [0, 0.1) is 11.7 Å². The first-order chi connectivity index (χ1) is 13.1. The fourth-order valence-electron chi connectivity index (χ4n) is 2.91. The average Bonchev–Trinajstić information content (AvgIpc) is 2.69. The summed E-state index contributed by atoms with van der Waals surface area (Å²) < 4.78 is 19.2. The molecule has 3 amide bonds. The van der Waals surface area contributed by atoms with Crippen LogP contribution in [0.3, 0.4) is 0 Å². The molecule has 0 aliphatic carbocycles. The van der Waals surface area contributed by atoms with Crippen molar-refractivity contribution in [1.82, 2.24) is 16.0 Å². The third kappa shape index (κ3) is 5.20. The Labute approximate surface area is 157 Å². The summed E-state index contributed by atoms with van der Waals surface area (Å²) in [5, 5.41) is 8.04. The molecule has 27 heavy (non-hydrogen) atoms. The molecule has 2 aromatic rings. The Bertz CT molecular complexity index is 813. The van der Waals surface area contributed by atoms with Crippen LogP contribution in [0.25, 0.3) is 0 Å². The van der Waals surface area contributed by atoms with Crippen LogP contribution in [0.15, 0.2) is 48.5 Å². The van der Waals surface area contributed by atoms with Crippen molar-refractivity contribution in [2.75, 3.05) is 26.2 Å². The highest BCUT2D eigenvalue weighted by molar-refractivity contribution is 5.94. The van der Waals surface area contributed by atoms with Gasteiger partial charge in [-0.2, -0.15) is 0 Å². The van der Waals surface area contributed by atoms with Gasteiger partial charge in [-0.1, -0.05) is 30.3 Å². The number of carbonyl (C=O) groups is 2. The molecule has 1 heterocycles. The monoisotopic (exact) mass is 371 g/mol. The van der Waals surface area contributed by atoms with Crippen molar-refractivity contribution in [3.63, 3.8) is 0 Å². The van der Waals surface area contributed by atoms with Gasteiger partial charge in [0.2, 0.25) is 0 Å². The number of hydrogen-bond acceptors (Lipinski definition) is 3. The molecule has 6 nitrogen and oxygen atoms in total. The third-order valence-corrected chi connectivity index (χ3v) is 4.32. The Balaban J connectivity index is 1.32. The van der Waals surface area contributed by atoms with Crippen LogP contribution in [0.5, 0.6) is 5.75 Å². The fourth-order valence-corrected chi connectivity index (χ4v) is 2.91. The molecule has 1 aliphatic heterocycles. The van der Waals surface area contributed by atoms with E-state index in [2.05, 4.69) is 16.0 Å². The van der Waals surface area contributed by atoms with E-state index in [4.69, 9.17) is 4.74 Å². The lowest BCUT2D eigenvalue weighted by Crippen LogP contribution is -2.43. The summed E-state index contributed by atoms with van der Waals surface area (Å²) in [7, 11) is 0. The number of halogens is 1. The molecule has 0 saturated carbocycles. The molecule has 1 aliphatic rings. The molecule has 7 heteroatoms. The van der Waals surface area contributed by atoms with Gasteiger partial charge in [0.15, 0.2) is 0 Å². The van der Waals surface area contributed by atoms with Crippen LogP contribution in [0.4, 0.5) is 9.18 Å². The van der Waals surface area contributed by atoms with Crippen molar-refractivity contribution < 1.29 is 18.7 Å². The number of amides is 3. The predicted octanol–water partition coefficient (Wildman–Crippen LogP) is 2.11. The number of para-hydroxylation sites is 1. The summed E-state index contributed by atoms with van der Waals surface area (Å²) in [5.41, 5.74) is 1.13. The van der Waals surface area contributed by atoms with Crippen LogP contribution < -0.4 is 20.7 Å². The van der Waals surface area contributed by atoms with Crippen molar-refractivity contribution in [3.05, 3.63) is 65.5 Å². The zero-order chi connectivity index (χ0) is 19.1. The number of ether oxygens (including phenoxy) is 1. The van der Waals surface area contributed by atoms with Crippen LogP contribution >= 0.6 is 0 Å². The van der Waals surface area contributed by atoms with Gasteiger partial charge in [-0.3, -0.25) is 4.79 Å². The highest BCUT2D eigenvalue weighted by Crippen LogP contribution is 2.26. The molecule has 0 radical (unpaired) electrons. The average molecular weight is 371 g/mol. The van der Waals surface area contributed by atoms with Crippen molar-refractivity contribution in [1.29, 1.82) is 0 Å². The number of benzene rings is 2. The molecule has 3 N–H and O–H groups in total. The van der Waals surface area contributed by atoms with Gasteiger partial charge in [0.1, 0.15) is 11.6 Å². The Morgan fingerprint density at radius 3 is 2.59 bits per heavy atom. The largest absolute Gasteiger partial charge is 0.493 e. The molecule has 3 rings (SSSR count). The first-order valence-corrected chi connectivity index (χ1v) is 8.88. The van der Waals surface area contributed by atoms with E-state index in [9.17, 15) is 14.0 Å². The van der Waals surface area contributed by atoms with Gasteiger partial charge < -0.3 is 20.7 Å². The van der Waals surface area contributed by atoms with Gasteiger partial charge >= 0.3 is 6.03 Å². The van der Waals surface area contributed by atoms with Gasteiger partial charge in [-0.05, 0) is 30.2 Å². The standard InChI is InChI=1S/C20H22FN3O3/c21-17-7-3-2-6-16(17)19(25)22-9-10-23-20(26)24-12-14-11-15-5-1-4-8-18(15)27-13-14/h1-8,14H,9-13H2,(H,22,25)(H2,23,24,26). The predicted molar refractivity (Wildman–Crippen MR) is 99.3 cm³/mol. The van der Waals surface area contributed by atoms with Crippen molar-refractivity contribution in [2.24, 2.45) is 5.92 Å². The van der Waals surface area contributed by atoms with E-state index >= 15 is 0 Å². The zero-order valence-electron chi connectivity index (χ0n) is 14.8. The Hall–Kier alpha value is -3.09. The van der Waals surface area contributed by atoms with E-state index in [0.717, 1.165) is 17.7 Å². The highest BCUT2D eigenvalue weighted by atomic mass is 19.1. The quantitative estimate of drug-likeness (QED) is 0.681. The van der Waals surface area contributed by atoms with E-state index in [1.807, 2.05) is 24.3 Å². The third-order valence-electron chi connectivity index (χ3n) is 4.32. The fraction of sp³-hybridized carbons (Fsp3) is 0.300. The number of carbonyl (C=O) groups excluding carboxylic acids is 2. The van der Waals surface area contributed by atoms with Crippen molar-refractivity contribution >= 4 is 11.9 Å². The summed E-state index contributed by atoms with van der Waals surface area (Å²) in [6, 6.07) is 13.3. The Morgan fingerprint density at radius 1 is 1.00 bits per heavy atom. The zero-order valence-corrected chi connectivity index (χ0v) is 14.8. The van der Waals surface area contributed by atoms with Gasteiger partial charge in [0.05, 0.1) is 12.2 Å². The van der Waals surface area contributed by atoms with E-state index < -0.39 is 11.7 Å². The second-order valence-electron chi connectivity index (χ2n) is 6.36. The molecule has 2 aromatic carbocycles. The van der Waals surface area contributed by atoms with Crippen LogP contribution in [0.1, 0.15) is 15.9 Å². The number of urea groups is 1. The van der Waals surface area contributed by atoms with Crippen LogP contribution in [-0.4, -0.2) is 38.2 Å². The van der Waals surface area contributed by atoms with Gasteiger partial charge in [0, 0.05) is 25.6 Å². The Kier molecular flexibility index (Phi) is 6.25. The summed E-state index contributed by atoms with van der Waals surface area (Å²) in [4.78, 5) is 23.7. The topological polar surface area (TPSA) is 79.5 Å². The molecular formula is C20H22FN3O3. The molecule has 142 valence electrons. The molecule has 0 saturated heterocycles. The van der Waals surface area contributed by atoms with E-state index in [1.165, 1.54) is 18.2 Å². The normalized spacial score (nSPS) is 15.2. The molecule has 0 spiro atoms. The lowest BCUT2D eigenvalue weighted by Gasteiger charge is -2.25. The first-order valence-electron chi connectivity index (χ1n) is 8.88. The van der Waals surface area contributed by atoms with E-state index in [1.54, 1.807) is 6.07 Å². The van der Waals surface area contributed by atoms with Gasteiger partial charge in [-0.15, -0.1) is 0 Å². The minimum atomic E-state index is -0.572. The summed E-state index contributed by atoms with van der Waals surface area (Å²) in [6.07, 6.45) is 0.856. The van der Waals surface area contributed by atoms with Gasteiger partial charge in [-0.25, -0.2) is 9.18 Å². The second kappa shape index (κ2) is 9.02. The number of fused-ring (bicyclic) bond motifs is 1. The summed E-state index contributed by atoms with van der Waals surface area (Å²) in [6.45, 7) is 1.52. The summed E-state index contributed by atoms with van der Waals surface area (Å²) >= 11 is 0. The number of nitrogens with one attached hydrogen (secondary N) is 3. The summed E-state index contributed by atoms with van der Waals surface area (Å²) in [5.74, 6) is 0.0421. The minimum Gasteiger partial charge on any atom is -0.493 e. The molecule has 1 atom stereocenters. The molecule has 0 fully saturated rings. The van der Waals surface area contributed by atoms with Crippen molar-refractivity contribution in [2.45, 2.75) is 6.42 Å². The second-order valence-corrected chi connectivity index (χ2v) is 6.36. The maximum atomic E-state index is 13.5. The number of hydrogen-bond donors (Lipinski definition) is 3. The number of rotatable bonds is 6. The lowest BCUT2D eigenvalue weighted by atomic mass is 9.97. The smallest absolute Gasteiger partial charge is 0.314 e. The van der Waals surface area contributed by atoms with Crippen LogP contribution in [0.2, 0.25) is 0 Å². The maximum absolute atomic E-state index is 13.5. The molecule has 1 unspecified atom stereocenters. The van der Waals surface area contributed by atoms with Crippen molar-refractivity contribution in [3.8, 4) is 5.75 Å². The van der Waals surface area contributed by atoms with Crippen LogP contribution in [-0.2, 0) is 6.42 Å². The Morgan fingerprint density at radius 2 is 1.74 bits per heavy atom. The molecule has 0 bridgehead atoms. The molecule has 0 aromatic heterocycles. The van der Waals surface area contributed by atoms with E-state index in [0.29, 0.717) is 13.2 Å². The molecular weight excluding hydrogens is 349 g/mol. The SMILES string of the molecule is O=C(NCCNC(=O)c1ccccc1F)NCC1COc2ccccc2C1. The highest BCUT2D eigenvalue weighted by Gasteiger charge is 2.19. The maximum Gasteiger partial charge on any atom is 0.314 e. The minimum absolute atomic E-state index is 0.0143. The van der Waals surface area contributed by atoms with E-state index in [-0.39, 0.29) is 30.6 Å². The lowest BCUT2D eigenvalue weighted by molar-refractivity contribution is 0.0949. The van der Waals surface area contributed by atoms with Gasteiger partial charge in [0.25, 0.3) is 5.91 Å². The first kappa shape index (κ1) is 18.7.